The molecule has 2 aromatic carbocycles. The Morgan fingerprint density at radius 2 is 2.00 bits per heavy atom. The molecule has 0 saturated heterocycles. The minimum atomic E-state index is -1.33. The van der Waals surface area contributed by atoms with Crippen LogP contribution >= 0.6 is 11.3 Å². The van der Waals surface area contributed by atoms with Gasteiger partial charge in [-0.3, -0.25) is 4.31 Å². The molecule has 0 radical (unpaired) electrons. The van der Waals surface area contributed by atoms with E-state index in [1.54, 1.807) is 24.0 Å². The number of hydrogen-bond donors (Lipinski definition) is 1. The zero-order chi connectivity index (χ0) is 20.8. The van der Waals surface area contributed by atoms with Crippen molar-refractivity contribution in [3.8, 4) is 16.8 Å². The Kier molecular flexibility index (Phi) is 4.63. The van der Waals surface area contributed by atoms with Crippen LogP contribution in [-0.4, -0.2) is 37.1 Å². The minimum Gasteiger partial charge on any atom is -0.369 e. The molecule has 2 atom stereocenters. The molecule has 0 amide bonds. The largest absolute Gasteiger partial charge is 0.369 e. The number of aliphatic imine (C=N–C) groups is 1. The fourth-order valence-corrected chi connectivity index (χ4v) is 5.88. The average molecular weight is 440 g/mol. The zero-order valence-electron chi connectivity index (χ0n) is 16.0. The highest BCUT2D eigenvalue weighted by molar-refractivity contribution is 7.83. The smallest absolute Gasteiger partial charge is 0.203 e. The van der Waals surface area contributed by atoms with Crippen LogP contribution < -0.4 is 5.73 Å². The van der Waals surface area contributed by atoms with E-state index in [0.29, 0.717) is 10.3 Å². The first-order valence-electron chi connectivity index (χ1n) is 9.30. The molecule has 1 aliphatic heterocycles. The topological polar surface area (TPSA) is 76.5 Å². The normalized spacial score (nSPS) is 19.3. The molecule has 0 spiro atoms. The first kappa shape index (κ1) is 19.0. The lowest BCUT2D eigenvalue weighted by atomic mass is 10.0. The highest BCUT2D eigenvalue weighted by Crippen LogP contribution is 2.41. The van der Waals surface area contributed by atoms with Crippen molar-refractivity contribution in [2.45, 2.75) is 6.04 Å². The van der Waals surface area contributed by atoms with Crippen molar-refractivity contribution in [1.29, 1.82) is 0 Å². The number of aromatic nitrogens is 2. The summed E-state index contributed by atoms with van der Waals surface area (Å²) < 4.78 is 31.6. The number of guanidine groups is 1. The van der Waals surface area contributed by atoms with Gasteiger partial charge in [0, 0.05) is 29.5 Å². The third kappa shape index (κ3) is 3.10. The lowest BCUT2D eigenvalue weighted by Gasteiger charge is -2.25. The summed E-state index contributed by atoms with van der Waals surface area (Å²) in [5, 5.41) is 4.78. The van der Waals surface area contributed by atoms with Crippen LogP contribution in [0.1, 0.15) is 10.9 Å². The highest BCUT2D eigenvalue weighted by atomic mass is 32.2. The molecule has 3 heterocycles. The van der Waals surface area contributed by atoms with Crippen molar-refractivity contribution >= 4 is 38.4 Å². The molecule has 9 heteroatoms. The van der Waals surface area contributed by atoms with E-state index >= 15 is 4.39 Å². The van der Waals surface area contributed by atoms with Gasteiger partial charge in [-0.15, -0.1) is 11.3 Å². The van der Waals surface area contributed by atoms with Crippen LogP contribution in [0.25, 0.3) is 26.9 Å². The molecule has 2 N–H and O–H groups in total. The van der Waals surface area contributed by atoms with E-state index in [2.05, 4.69) is 10.1 Å². The SMILES string of the molecule is CN1C(N)=NC(c2sc3c(-c4ccc(-n5cccn5)cc4)cccc3c2F)CS1=O. The van der Waals surface area contributed by atoms with E-state index < -0.39 is 17.0 Å². The van der Waals surface area contributed by atoms with Crippen molar-refractivity contribution in [3.05, 3.63) is 71.6 Å². The van der Waals surface area contributed by atoms with Gasteiger partial charge in [0.15, 0.2) is 0 Å². The van der Waals surface area contributed by atoms with Gasteiger partial charge in [0.05, 0.1) is 16.3 Å². The van der Waals surface area contributed by atoms with Gasteiger partial charge in [0.1, 0.15) is 22.8 Å². The van der Waals surface area contributed by atoms with Gasteiger partial charge in [-0.2, -0.15) is 5.10 Å². The summed E-state index contributed by atoms with van der Waals surface area (Å²) in [6.07, 6.45) is 3.62. The third-order valence-electron chi connectivity index (χ3n) is 5.15. The molecule has 0 fully saturated rings. The van der Waals surface area contributed by atoms with Crippen LogP contribution in [0, 0.1) is 5.82 Å². The van der Waals surface area contributed by atoms with Gasteiger partial charge in [-0.05, 0) is 29.3 Å². The monoisotopic (exact) mass is 439 g/mol. The van der Waals surface area contributed by atoms with Gasteiger partial charge in [0.25, 0.3) is 0 Å². The van der Waals surface area contributed by atoms with E-state index in [1.807, 2.05) is 48.7 Å². The second-order valence-electron chi connectivity index (χ2n) is 6.95. The summed E-state index contributed by atoms with van der Waals surface area (Å²) in [5.74, 6) is 0.0680. The Morgan fingerprint density at radius 3 is 2.70 bits per heavy atom. The van der Waals surface area contributed by atoms with Crippen LogP contribution in [0.15, 0.2) is 65.9 Å². The number of thiophene rings is 1. The second-order valence-corrected chi connectivity index (χ2v) is 9.53. The predicted molar refractivity (Wildman–Crippen MR) is 119 cm³/mol. The number of fused-ring (bicyclic) bond motifs is 1. The molecule has 6 nitrogen and oxygen atoms in total. The maximum atomic E-state index is 15.3. The zero-order valence-corrected chi connectivity index (χ0v) is 17.7. The molecule has 5 rings (SSSR count). The van der Waals surface area contributed by atoms with Gasteiger partial charge in [0.2, 0.25) is 5.96 Å². The first-order chi connectivity index (χ1) is 14.5. The van der Waals surface area contributed by atoms with Crippen LogP contribution in [0.4, 0.5) is 4.39 Å². The number of nitrogens with two attached hydrogens (primary N) is 1. The molecule has 30 heavy (non-hydrogen) atoms. The summed E-state index contributed by atoms with van der Waals surface area (Å²) in [6, 6.07) is 14.9. The molecule has 0 saturated carbocycles. The second kappa shape index (κ2) is 7.33. The van der Waals surface area contributed by atoms with Crippen LogP contribution in [0.2, 0.25) is 0 Å². The highest BCUT2D eigenvalue weighted by Gasteiger charge is 2.29. The molecule has 4 aromatic rings. The molecular formula is C21H18FN5OS2. The molecule has 1 aliphatic rings. The maximum Gasteiger partial charge on any atom is 0.203 e. The Bertz CT molecular complexity index is 1280. The predicted octanol–water partition coefficient (Wildman–Crippen LogP) is 3.86. The third-order valence-corrected chi connectivity index (χ3v) is 7.86. The molecule has 2 unspecified atom stereocenters. The van der Waals surface area contributed by atoms with E-state index in [-0.39, 0.29) is 17.5 Å². The molecule has 0 bridgehead atoms. The van der Waals surface area contributed by atoms with E-state index in [4.69, 9.17) is 5.73 Å². The minimum absolute atomic E-state index is 0.163. The quantitative estimate of drug-likeness (QED) is 0.527. The van der Waals surface area contributed by atoms with Gasteiger partial charge in [-0.1, -0.05) is 30.3 Å². The molecule has 2 aromatic heterocycles. The van der Waals surface area contributed by atoms with E-state index in [9.17, 15) is 4.21 Å². The van der Waals surface area contributed by atoms with Gasteiger partial charge >= 0.3 is 0 Å². The Hall–Kier alpha value is -3.04. The number of hydrogen-bond acceptors (Lipinski definition) is 5. The van der Waals surface area contributed by atoms with Crippen LogP contribution in [0.3, 0.4) is 0 Å². The number of nitrogens with zero attached hydrogens (tertiary/aromatic N) is 4. The Labute approximate surface area is 179 Å². The molecular weight excluding hydrogens is 421 g/mol. The van der Waals surface area contributed by atoms with Crippen LogP contribution in [0.5, 0.6) is 0 Å². The number of rotatable bonds is 3. The summed E-state index contributed by atoms with van der Waals surface area (Å²) in [4.78, 5) is 4.84. The summed E-state index contributed by atoms with van der Waals surface area (Å²) in [6.45, 7) is 0. The van der Waals surface area contributed by atoms with Gasteiger partial charge < -0.3 is 5.73 Å². The summed E-state index contributed by atoms with van der Waals surface area (Å²) in [7, 11) is 0.297. The van der Waals surface area contributed by atoms with Crippen LogP contribution in [-0.2, 0) is 11.0 Å². The summed E-state index contributed by atoms with van der Waals surface area (Å²) >= 11 is 1.35. The molecule has 152 valence electrons. The van der Waals surface area contributed by atoms with Crippen molar-refractivity contribution in [2.24, 2.45) is 10.7 Å². The standard InChI is InChI=1S/C21H18FN5OS2/c1-26-21(23)25-17(12-30(26)28)20-18(22)16-5-2-4-15(19(16)29-20)13-6-8-14(9-7-13)27-11-3-10-24-27/h2-11,17H,12H2,1H3,(H2,23,25). The van der Waals surface area contributed by atoms with Gasteiger partial charge in [-0.25, -0.2) is 18.3 Å². The fourth-order valence-electron chi connectivity index (χ4n) is 3.53. The van der Waals surface area contributed by atoms with Crippen molar-refractivity contribution in [2.75, 3.05) is 12.8 Å². The maximum absolute atomic E-state index is 15.3. The first-order valence-corrected chi connectivity index (χ1v) is 11.4. The number of benzene rings is 2. The van der Waals surface area contributed by atoms with Crippen molar-refractivity contribution in [1.82, 2.24) is 14.1 Å². The lowest BCUT2D eigenvalue weighted by molar-refractivity contribution is 0.592. The Morgan fingerprint density at radius 1 is 1.20 bits per heavy atom. The molecule has 0 aliphatic carbocycles. The summed E-state index contributed by atoms with van der Waals surface area (Å²) in [5.41, 5.74) is 8.76. The van der Waals surface area contributed by atoms with Crippen molar-refractivity contribution < 1.29 is 8.60 Å². The van der Waals surface area contributed by atoms with Crippen molar-refractivity contribution in [3.63, 3.8) is 0 Å². The van der Waals surface area contributed by atoms with E-state index in [1.165, 1.54) is 15.6 Å². The number of halogens is 1. The lowest BCUT2D eigenvalue weighted by Crippen LogP contribution is -2.41. The Balaban J connectivity index is 1.58. The van der Waals surface area contributed by atoms with E-state index in [0.717, 1.165) is 21.5 Å². The fraction of sp³-hybridized carbons (Fsp3) is 0.143. The average Bonchev–Trinajstić information content (AvgIpc) is 3.40.